The monoisotopic (exact) mass is 460 g/mol. The minimum Gasteiger partial charge on any atom is -0.0616 e. The van der Waals surface area contributed by atoms with Crippen LogP contribution in [0.1, 0.15) is 49.9 Å². The molecule has 6 aromatic rings. The Kier molecular flexibility index (Phi) is 3.64. The Morgan fingerprint density at radius 1 is 0.444 bits per heavy atom. The van der Waals surface area contributed by atoms with Crippen molar-refractivity contribution in [1.82, 2.24) is 0 Å². The largest absolute Gasteiger partial charge is 0.0616 e. The Hall–Kier alpha value is -3.90. The van der Waals surface area contributed by atoms with Gasteiger partial charge >= 0.3 is 0 Å². The van der Waals surface area contributed by atoms with E-state index in [4.69, 9.17) is 0 Å². The minimum absolute atomic E-state index is 0.0650. The molecule has 0 amide bonds. The molecular formula is C36H28. The molecule has 172 valence electrons. The van der Waals surface area contributed by atoms with Crippen LogP contribution >= 0.6 is 0 Å². The Morgan fingerprint density at radius 3 is 1.92 bits per heavy atom. The number of fused-ring (bicyclic) bond motifs is 3. The maximum absolute atomic E-state index is 2.52. The minimum atomic E-state index is -0.0907. The Morgan fingerprint density at radius 2 is 1.08 bits per heavy atom. The molecule has 0 heteroatoms. The summed E-state index contributed by atoms with van der Waals surface area (Å²) in [6, 6.07) is 36.5. The van der Waals surface area contributed by atoms with Gasteiger partial charge in [0.1, 0.15) is 0 Å². The fourth-order valence-corrected chi connectivity index (χ4v) is 7.46. The van der Waals surface area contributed by atoms with Gasteiger partial charge in [0.2, 0.25) is 0 Å². The van der Waals surface area contributed by atoms with E-state index in [0.717, 1.165) is 0 Å². The van der Waals surface area contributed by atoms with Crippen LogP contribution in [-0.4, -0.2) is 0 Å². The summed E-state index contributed by atoms with van der Waals surface area (Å²) in [5.41, 5.74) is 11.4. The van der Waals surface area contributed by atoms with E-state index in [1.54, 1.807) is 0 Å². The molecule has 36 heavy (non-hydrogen) atoms. The van der Waals surface area contributed by atoms with Gasteiger partial charge in [0, 0.05) is 10.8 Å². The van der Waals surface area contributed by atoms with Gasteiger partial charge in [-0.15, -0.1) is 0 Å². The van der Waals surface area contributed by atoms with Gasteiger partial charge in [0.25, 0.3) is 0 Å². The summed E-state index contributed by atoms with van der Waals surface area (Å²) in [6.45, 7) is 9.72. The summed E-state index contributed by atoms with van der Waals surface area (Å²) in [7, 11) is 0. The van der Waals surface area contributed by atoms with Crippen LogP contribution in [0.5, 0.6) is 0 Å². The fourth-order valence-electron chi connectivity index (χ4n) is 7.46. The maximum atomic E-state index is 2.52. The molecule has 0 unspecified atom stereocenters. The van der Waals surface area contributed by atoms with Crippen LogP contribution in [0.25, 0.3) is 54.6 Å². The average molecular weight is 461 g/mol. The number of benzene rings is 6. The first-order chi connectivity index (χ1) is 17.4. The molecule has 0 bridgehead atoms. The molecule has 0 nitrogen and oxygen atoms in total. The first-order valence-corrected chi connectivity index (χ1v) is 13.0. The van der Waals surface area contributed by atoms with Crippen molar-refractivity contribution >= 4 is 32.3 Å². The van der Waals surface area contributed by atoms with Crippen LogP contribution in [-0.2, 0) is 10.8 Å². The fraction of sp³-hybridized carbons (Fsp3) is 0.167. The van der Waals surface area contributed by atoms with E-state index in [-0.39, 0.29) is 10.8 Å². The molecule has 0 radical (unpaired) electrons. The van der Waals surface area contributed by atoms with Crippen molar-refractivity contribution < 1.29 is 0 Å². The first-order valence-electron chi connectivity index (χ1n) is 13.0. The van der Waals surface area contributed by atoms with Crippen LogP contribution in [0, 0.1) is 0 Å². The smallest absolute Gasteiger partial charge is 0.0165 e. The van der Waals surface area contributed by atoms with Crippen molar-refractivity contribution in [2.75, 3.05) is 0 Å². The van der Waals surface area contributed by atoms with Crippen LogP contribution in [0.15, 0.2) is 97.1 Å². The predicted octanol–water partition coefficient (Wildman–Crippen LogP) is 9.76. The molecule has 0 aliphatic heterocycles. The molecule has 0 spiro atoms. The molecular weight excluding hydrogens is 432 g/mol. The van der Waals surface area contributed by atoms with E-state index in [1.165, 1.54) is 76.8 Å². The number of hydrogen-bond donors (Lipinski definition) is 0. The van der Waals surface area contributed by atoms with Crippen molar-refractivity contribution in [3.05, 3.63) is 119 Å². The Balaban J connectivity index is 1.62. The van der Waals surface area contributed by atoms with Gasteiger partial charge < -0.3 is 0 Å². The zero-order valence-corrected chi connectivity index (χ0v) is 21.2. The quantitative estimate of drug-likeness (QED) is 0.229. The maximum Gasteiger partial charge on any atom is 0.0165 e. The zero-order chi connectivity index (χ0) is 24.4. The third-order valence-corrected chi connectivity index (χ3v) is 9.19. The molecule has 0 atom stereocenters. The lowest BCUT2D eigenvalue weighted by molar-refractivity contribution is 0.645. The van der Waals surface area contributed by atoms with E-state index in [9.17, 15) is 0 Å². The summed E-state index contributed by atoms with van der Waals surface area (Å²) in [6.07, 6.45) is 0. The summed E-state index contributed by atoms with van der Waals surface area (Å²) < 4.78 is 0. The van der Waals surface area contributed by atoms with Crippen molar-refractivity contribution in [1.29, 1.82) is 0 Å². The second-order valence-electron chi connectivity index (χ2n) is 11.7. The van der Waals surface area contributed by atoms with Gasteiger partial charge in [-0.2, -0.15) is 0 Å². The Labute approximate surface area is 212 Å². The van der Waals surface area contributed by atoms with Crippen LogP contribution in [0.3, 0.4) is 0 Å². The lowest BCUT2D eigenvalue weighted by atomic mass is 9.66. The highest BCUT2D eigenvalue weighted by atomic mass is 14.5. The SMILES string of the molecule is CC1(C)c2cc3ccccc3c3c2-c2c1cc(-c1cccc4ccccc14)c1cccc(c21)C3(C)C. The lowest BCUT2D eigenvalue weighted by Gasteiger charge is -2.36. The van der Waals surface area contributed by atoms with Crippen LogP contribution in [0.4, 0.5) is 0 Å². The van der Waals surface area contributed by atoms with Crippen molar-refractivity contribution in [3.63, 3.8) is 0 Å². The summed E-state index contributed by atoms with van der Waals surface area (Å²) in [5.74, 6) is 0. The topological polar surface area (TPSA) is 0 Å². The predicted molar refractivity (Wildman–Crippen MR) is 154 cm³/mol. The van der Waals surface area contributed by atoms with Gasteiger partial charge in [-0.3, -0.25) is 0 Å². The molecule has 6 aromatic carbocycles. The highest BCUT2D eigenvalue weighted by Gasteiger charge is 2.46. The number of rotatable bonds is 1. The average Bonchev–Trinajstić information content (AvgIpc) is 3.11. The standard InChI is InChI=1S/C36H28/c1-35(2)29-19-22-12-6-8-15-24(22)34-33(29)32-30(35)20-27(25-16-9-13-21-11-5-7-14-23(21)25)26-17-10-18-28(31(26)32)36(34,3)4/h5-20H,1-4H3. The highest BCUT2D eigenvalue weighted by molar-refractivity contribution is 6.17. The third-order valence-electron chi connectivity index (χ3n) is 9.19. The van der Waals surface area contributed by atoms with Crippen LogP contribution in [0.2, 0.25) is 0 Å². The summed E-state index contributed by atoms with van der Waals surface area (Å²) in [4.78, 5) is 0. The van der Waals surface area contributed by atoms with Crippen LogP contribution < -0.4 is 0 Å². The molecule has 2 aliphatic carbocycles. The molecule has 2 aliphatic rings. The molecule has 0 aromatic heterocycles. The zero-order valence-electron chi connectivity index (χ0n) is 21.2. The normalized spacial score (nSPS) is 16.2. The van der Waals surface area contributed by atoms with Gasteiger partial charge in [-0.1, -0.05) is 113 Å². The highest BCUT2D eigenvalue weighted by Crippen LogP contribution is 2.62. The van der Waals surface area contributed by atoms with Gasteiger partial charge in [-0.05, 0) is 89.0 Å². The van der Waals surface area contributed by atoms with E-state index >= 15 is 0 Å². The van der Waals surface area contributed by atoms with Gasteiger partial charge in [0.15, 0.2) is 0 Å². The first kappa shape index (κ1) is 20.3. The van der Waals surface area contributed by atoms with E-state index < -0.39 is 0 Å². The molecule has 0 heterocycles. The molecule has 0 saturated heterocycles. The van der Waals surface area contributed by atoms with Crippen molar-refractivity contribution in [2.24, 2.45) is 0 Å². The molecule has 0 saturated carbocycles. The van der Waals surface area contributed by atoms with E-state index in [2.05, 4.69) is 125 Å². The second-order valence-corrected chi connectivity index (χ2v) is 11.7. The van der Waals surface area contributed by atoms with Gasteiger partial charge in [-0.25, -0.2) is 0 Å². The van der Waals surface area contributed by atoms with E-state index in [1.807, 2.05) is 0 Å². The molecule has 0 fully saturated rings. The lowest BCUT2D eigenvalue weighted by Crippen LogP contribution is -2.24. The second kappa shape index (κ2) is 6.45. The molecule has 8 rings (SSSR count). The summed E-state index contributed by atoms with van der Waals surface area (Å²) in [5, 5.41) is 8.19. The van der Waals surface area contributed by atoms with Gasteiger partial charge in [0.05, 0.1) is 0 Å². The van der Waals surface area contributed by atoms with Crippen molar-refractivity contribution in [3.8, 4) is 22.3 Å². The molecule has 0 N–H and O–H groups in total. The van der Waals surface area contributed by atoms with E-state index in [0.29, 0.717) is 0 Å². The number of hydrogen-bond acceptors (Lipinski definition) is 0. The third kappa shape index (κ3) is 2.26. The van der Waals surface area contributed by atoms with Crippen molar-refractivity contribution in [2.45, 2.75) is 38.5 Å². The summed E-state index contributed by atoms with van der Waals surface area (Å²) >= 11 is 0. The Bertz CT molecular complexity index is 1930.